The molecule has 1 aliphatic rings. The molecule has 0 spiro atoms. The zero-order chi connectivity index (χ0) is 22.8. The van der Waals surface area contributed by atoms with Crippen molar-refractivity contribution in [2.75, 3.05) is 38.6 Å². The highest BCUT2D eigenvalue weighted by atomic mass is 79.9. The molecule has 1 aromatic carbocycles. The highest BCUT2D eigenvalue weighted by Gasteiger charge is 2.33. The molecule has 0 radical (unpaired) electrons. The number of furan rings is 1. The van der Waals surface area contributed by atoms with E-state index in [1.165, 1.54) is 13.4 Å². The number of hydrogen-bond acceptors (Lipinski definition) is 5. The van der Waals surface area contributed by atoms with Gasteiger partial charge in [0.15, 0.2) is 11.8 Å². The number of hydrogen-bond donors (Lipinski definition) is 3. The summed E-state index contributed by atoms with van der Waals surface area (Å²) < 4.78 is 10.9. The van der Waals surface area contributed by atoms with Gasteiger partial charge in [0.05, 0.1) is 45.2 Å². The maximum atomic E-state index is 13.1. The average molecular weight is 504 g/mol. The summed E-state index contributed by atoms with van der Waals surface area (Å²) in [7, 11) is 1.30. The van der Waals surface area contributed by atoms with E-state index in [9.17, 15) is 14.4 Å². The number of amides is 2. The Labute approximate surface area is 192 Å². The molecule has 3 N–H and O–H groups in total. The summed E-state index contributed by atoms with van der Waals surface area (Å²) in [5.41, 5.74) is 1.31. The summed E-state index contributed by atoms with van der Waals surface area (Å²) in [6.45, 7) is 4.16. The van der Waals surface area contributed by atoms with Gasteiger partial charge in [-0.15, -0.1) is 0 Å². The van der Waals surface area contributed by atoms with Gasteiger partial charge in [-0.2, -0.15) is 0 Å². The van der Waals surface area contributed by atoms with Crippen LogP contribution in [0.1, 0.15) is 28.0 Å². The zero-order valence-electron chi connectivity index (χ0n) is 17.7. The van der Waals surface area contributed by atoms with Gasteiger partial charge in [0, 0.05) is 15.4 Å². The van der Waals surface area contributed by atoms with Crippen LogP contribution in [-0.4, -0.2) is 67.0 Å². The molecule has 0 saturated carbocycles. The van der Waals surface area contributed by atoms with Crippen LogP contribution < -0.4 is 10.2 Å². The van der Waals surface area contributed by atoms with E-state index >= 15 is 0 Å². The second-order valence-electron chi connectivity index (χ2n) is 7.70. The SMILES string of the molecule is COC(=O)c1[nH]c2ccc(Br)cc2c1NC(=O)[C@H](C)[NH+]1CCN(C(=O)c2ccco2)CC1. The van der Waals surface area contributed by atoms with Gasteiger partial charge in [-0.3, -0.25) is 9.59 Å². The number of carbonyl (C=O) groups excluding carboxylic acids is 3. The molecular weight excluding hydrogens is 480 g/mol. The van der Waals surface area contributed by atoms with E-state index in [2.05, 4.69) is 26.2 Å². The lowest BCUT2D eigenvalue weighted by Crippen LogP contribution is -3.19. The Balaban J connectivity index is 1.46. The van der Waals surface area contributed by atoms with Crippen molar-refractivity contribution in [2.24, 2.45) is 0 Å². The highest BCUT2D eigenvalue weighted by Crippen LogP contribution is 2.30. The Morgan fingerprint density at radius 2 is 2.00 bits per heavy atom. The van der Waals surface area contributed by atoms with Gasteiger partial charge in [0.25, 0.3) is 11.8 Å². The van der Waals surface area contributed by atoms with Crippen LogP contribution in [-0.2, 0) is 9.53 Å². The van der Waals surface area contributed by atoms with Crippen molar-refractivity contribution < 1.29 is 28.4 Å². The summed E-state index contributed by atoms with van der Waals surface area (Å²) in [4.78, 5) is 43.7. The molecular formula is C22H24BrN4O5+. The lowest BCUT2D eigenvalue weighted by atomic mass is 10.1. The molecule has 168 valence electrons. The molecule has 3 aromatic rings. The van der Waals surface area contributed by atoms with Crippen molar-refractivity contribution in [3.63, 3.8) is 0 Å². The number of fused-ring (bicyclic) bond motifs is 1. The predicted octanol–water partition coefficient (Wildman–Crippen LogP) is 1.68. The van der Waals surface area contributed by atoms with Crippen molar-refractivity contribution in [1.82, 2.24) is 9.88 Å². The molecule has 1 saturated heterocycles. The monoisotopic (exact) mass is 503 g/mol. The quantitative estimate of drug-likeness (QED) is 0.459. The highest BCUT2D eigenvalue weighted by molar-refractivity contribution is 9.10. The number of methoxy groups -OCH3 is 1. The molecule has 3 heterocycles. The number of quaternary nitrogens is 1. The minimum absolute atomic E-state index is 0.141. The zero-order valence-corrected chi connectivity index (χ0v) is 19.3. The number of ether oxygens (including phenoxy) is 1. The summed E-state index contributed by atoms with van der Waals surface area (Å²) in [6.07, 6.45) is 1.48. The van der Waals surface area contributed by atoms with Gasteiger partial charge in [-0.1, -0.05) is 15.9 Å². The van der Waals surface area contributed by atoms with Crippen LogP contribution in [0.2, 0.25) is 0 Å². The molecule has 1 aliphatic heterocycles. The summed E-state index contributed by atoms with van der Waals surface area (Å²) in [6, 6.07) is 8.47. The molecule has 4 rings (SSSR count). The number of halogens is 1. The van der Waals surface area contributed by atoms with Crippen LogP contribution in [0.4, 0.5) is 5.69 Å². The minimum atomic E-state index is -0.558. The molecule has 9 nitrogen and oxygen atoms in total. The molecule has 0 unspecified atom stereocenters. The van der Waals surface area contributed by atoms with Crippen LogP contribution in [0.15, 0.2) is 45.5 Å². The lowest BCUT2D eigenvalue weighted by Gasteiger charge is -2.34. The third-order valence-corrected chi connectivity index (χ3v) is 6.32. The molecule has 32 heavy (non-hydrogen) atoms. The maximum absolute atomic E-state index is 13.1. The number of nitrogens with one attached hydrogen (secondary N) is 3. The number of aromatic nitrogens is 1. The van der Waals surface area contributed by atoms with E-state index < -0.39 is 5.97 Å². The van der Waals surface area contributed by atoms with Crippen molar-refractivity contribution in [3.05, 3.63) is 52.5 Å². The van der Waals surface area contributed by atoms with Gasteiger partial charge in [0.2, 0.25) is 0 Å². The van der Waals surface area contributed by atoms with E-state index in [1.807, 2.05) is 25.1 Å². The Kier molecular flexibility index (Phi) is 6.33. The first-order valence-electron chi connectivity index (χ1n) is 10.3. The number of nitrogens with zero attached hydrogens (tertiary/aromatic N) is 1. The minimum Gasteiger partial charge on any atom is -0.464 e. The fourth-order valence-corrected chi connectivity index (χ4v) is 4.31. The fraction of sp³-hybridized carbons (Fsp3) is 0.318. The first-order valence-corrected chi connectivity index (χ1v) is 11.1. The number of anilines is 1. The van der Waals surface area contributed by atoms with Crippen LogP contribution >= 0.6 is 15.9 Å². The Morgan fingerprint density at radius 3 is 2.66 bits per heavy atom. The normalized spacial score (nSPS) is 15.5. The van der Waals surface area contributed by atoms with E-state index in [0.717, 1.165) is 9.37 Å². The summed E-state index contributed by atoms with van der Waals surface area (Å²) in [5, 5.41) is 3.63. The van der Waals surface area contributed by atoms with Crippen molar-refractivity contribution in [3.8, 4) is 0 Å². The van der Waals surface area contributed by atoms with Crippen molar-refractivity contribution in [2.45, 2.75) is 13.0 Å². The van der Waals surface area contributed by atoms with E-state index in [4.69, 9.17) is 9.15 Å². The molecule has 1 fully saturated rings. The smallest absolute Gasteiger partial charge is 0.356 e. The second-order valence-corrected chi connectivity index (χ2v) is 8.61. The lowest BCUT2D eigenvalue weighted by molar-refractivity contribution is -0.917. The van der Waals surface area contributed by atoms with Crippen LogP contribution in [0.25, 0.3) is 10.9 Å². The standard InChI is InChI=1S/C22H23BrN4O5/c1-13(26-7-9-27(10-8-26)21(29)17-4-3-11-32-17)20(28)25-18-15-12-14(23)5-6-16(15)24-19(18)22(30)31-2/h3-6,11-13,24H,7-10H2,1-2H3,(H,25,28)/p+1/t13-/m0/s1. The summed E-state index contributed by atoms with van der Waals surface area (Å²) in [5.74, 6) is -0.590. The topological polar surface area (TPSA) is 109 Å². The third-order valence-electron chi connectivity index (χ3n) is 5.83. The van der Waals surface area contributed by atoms with E-state index in [-0.39, 0.29) is 23.6 Å². The Bertz CT molecular complexity index is 1150. The molecule has 0 bridgehead atoms. The molecule has 10 heteroatoms. The van der Waals surface area contributed by atoms with Crippen molar-refractivity contribution in [1.29, 1.82) is 0 Å². The maximum Gasteiger partial charge on any atom is 0.356 e. The number of benzene rings is 1. The first-order chi connectivity index (χ1) is 15.4. The fourth-order valence-electron chi connectivity index (χ4n) is 3.95. The molecule has 1 atom stereocenters. The number of esters is 1. The van der Waals surface area contributed by atoms with Gasteiger partial charge in [-0.25, -0.2) is 4.79 Å². The molecule has 0 aliphatic carbocycles. The second kappa shape index (κ2) is 9.17. The number of H-pyrrole nitrogens is 1. The van der Waals surface area contributed by atoms with Crippen LogP contribution in [0.5, 0.6) is 0 Å². The van der Waals surface area contributed by atoms with Crippen LogP contribution in [0, 0.1) is 0 Å². The van der Waals surface area contributed by atoms with Gasteiger partial charge in [0.1, 0.15) is 5.69 Å². The third kappa shape index (κ3) is 4.28. The number of rotatable bonds is 5. The van der Waals surface area contributed by atoms with E-state index in [0.29, 0.717) is 48.5 Å². The van der Waals surface area contributed by atoms with Gasteiger partial charge < -0.3 is 29.3 Å². The Hall–Kier alpha value is -3.11. The van der Waals surface area contributed by atoms with Gasteiger partial charge >= 0.3 is 5.97 Å². The Morgan fingerprint density at radius 1 is 1.25 bits per heavy atom. The molecule has 2 aromatic heterocycles. The number of carbonyl (C=O) groups is 3. The van der Waals surface area contributed by atoms with E-state index in [1.54, 1.807) is 17.0 Å². The van der Waals surface area contributed by atoms with Crippen molar-refractivity contribution >= 4 is 50.3 Å². The summed E-state index contributed by atoms with van der Waals surface area (Å²) >= 11 is 3.43. The van der Waals surface area contributed by atoms with Gasteiger partial charge in [-0.05, 0) is 37.3 Å². The number of aromatic amines is 1. The number of piperazine rings is 1. The average Bonchev–Trinajstić information content (AvgIpc) is 3.46. The van der Waals surface area contributed by atoms with Crippen LogP contribution in [0.3, 0.4) is 0 Å². The molecule has 2 amide bonds. The largest absolute Gasteiger partial charge is 0.464 e. The first kappa shape index (κ1) is 22.1. The predicted molar refractivity (Wildman–Crippen MR) is 121 cm³/mol.